The van der Waals surface area contributed by atoms with Crippen LogP contribution in [0.3, 0.4) is 0 Å². The zero-order valence-electron chi connectivity index (χ0n) is 10.8. The first kappa shape index (κ1) is 14.5. The van der Waals surface area contributed by atoms with Crippen molar-refractivity contribution in [2.45, 2.75) is 12.5 Å². The van der Waals surface area contributed by atoms with E-state index in [0.29, 0.717) is 26.2 Å². The molecule has 0 saturated carbocycles. The summed E-state index contributed by atoms with van der Waals surface area (Å²) in [6, 6.07) is 9.70. The molecule has 6 heteroatoms. The number of benzene rings is 1. The average Bonchev–Trinajstić information content (AvgIpc) is 2.46. The first-order valence-corrected chi connectivity index (χ1v) is 8.13. The van der Waals surface area contributed by atoms with Crippen molar-refractivity contribution in [2.24, 2.45) is 0 Å². The second kappa shape index (κ2) is 7.00. The van der Waals surface area contributed by atoms with Crippen LogP contribution >= 0.6 is 0 Å². The molecule has 0 aliphatic carbocycles. The summed E-state index contributed by atoms with van der Waals surface area (Å²) in [6.07, 6.45) is 0.533. The Balaban J connectivity index is 1.75. The number of nitrogens with one attached hydrogen (secondary N) is 2. The largest absolute Gasteiger partial charge is 0.378 e. The van der Waals surface area contributed by atoms with Crippen LogP contribution < -0.4 is 10.0 Å². The Morgan fingerprint density at radius 3 is 2.79 bits per heavy atom. The van der Waals surface area contributed by atoms with Crippen molar-refractivity contribution in [3.63, 3.8) is 0 Å². The quantitative estimate of drug-likeness (QED) is 0.779. The highest BCUT2D eigenvalue weighted by Crippen LogP contribution is 2.01. The smallest absolute Gasteiger partial charge is 0.211 e. The standard InChI is InChI=1S/C13H20N2O3S/c16-19(17,9-6-12-4-2-1-3-5-12)15-10-13-11-18-8-7-14-13/h1-5,13-15H,6-11H2. The van der Waals surface area contributed by atoms with Gasteiger partial charge in [0.05, 0.1) is 19.0 Å². The zero-order valence-corrected chi connectivity index (χ0v) is 11.7. The average molecular weight is 284 g/mol. The van der Waals surface area contributed by atoms with Gasteiger partial charge in [0.2, 0.25) is 10.0 Å². The number of aryl methyl sites for hydroxylation is 1. The maximum atomic E-state index is 11.9. The molecule has 1 aromatic rings. The van der Waals surface area contributed by atoms with Crippen LogP contribution in [-0.2, 0) is 21.2 Å². The van der Waals surface area contributed by atoms with Crippen molar-refractivity contribution < 1.29 is 13.2 Å². The maximum absolute atomic E-state index is 11.9. The molecule has 1 aliphatic heterocycles. The molecule has 1 heterocycles. The lowest BCUT2D eigenvalue weighted by Crippen LogP contribution is -2.48. The molecule has 0 aromatic heterocycles. The van der Waals surface area contributed by atoms with Crippen LogP contribution in [-0.4, -0.2) is 46.5 Å². The van der Waals surface area contributed by atoms with E-state index in [1.807, 2.05) is 30.3 Å². The van der Waals surface area contributed by atoms with Gasteiger partial charge in [-0.15, -0.1) is 0 Å². The molecule has 1 aliphatic rings. The summed E-state index contributed by atoms with van der Waals surface area (Å²) in [7, 11) is -3.22. The van der Waals surface area contributed by atoms with Crippen LogP contribution in [0.2, 0.25) is 0 Å². The highest BCUT2D eigenvalue weighted by molar-refractivity contribution is 7.89. The molecule has 0 amide bonds. The first-order chi connectivity index (χ1) is 9.16. The van der Waals surface area contributed by atoms with Gasteiger partial charge < -0.3 is 10.1 Å². The molecule has 1 atom stereocenters. The van der Waals surface area contributed by atoms with E-state index >= 15 is 0 Å². The van der Waals surface area contributed by atoms with Crippen molar-refractivity contribution in [1.29, 1.82) is 0 Å². The van der Waals surface area contributed by atoms with Crippen LogP contribution in [0.1, 0.15) is 5.56 Å². The topological polar surface area (TPSA) is 67.4 Å². The van der Waals surface area contributed by atoms with Crippen LogP contribution in [0.25, 0.3) is 0 Å². The summed E-state index contributed by atoms with van der Waals surface area (Å²) < 4.78 is 31.6. The third kappa shape index (κ3) is 5.28. The molecule has 106 valence electrons. The molecule has 19 heavy (non-hydrogen) atoms. The fourth-order valence-electron chi connectivity index (χ4n) is 1.95. The Morgan fingerprint density at radius 2 is 2.11 bits per heavy atom. The minimum atomic E-state index is -3.22. The number of hydrogen-bond donors (Lipinski definition) is 2. The van der Waals surface area contributed by atoms with Crippen molar-refractivity contribution >= 4 is 10.0 Å². The van der Waals surface area contributed by atoms with Gasteiger partial charge in [0, 0.05) is 19.1 Å². The normalized spacial score (nSPS) is 20.3. The Hall–Kier alpha value is -0.950. The van der Waals surface area contributed by atoms with E-state index in [1.54, 1.807) is 0 Å². The summed E-state index contributed by atoms with van der Waals surface area (Å²) in [4.78, 5) is 0. The number of sulfonamides is 1. The van der Waals surface area contributed by atoms with Gasteiger partial charge in [0.15, 0.2) is 0 Å². The van der Waals surface area contributed by atoms with E-state index in [0.717, 1.165) is 12.1 Å². The lowest BCUT2D eigenvalue weighted by molar-refractivity contribution is 0.0784. The van der Waals surface area contributed by atoms with Crippen LogP contribution in [0.15, 0.2) is 30.3 Å². The van der Waals surface area contributed by atoms with Gasteiger partial charge in [-0.05, 0) is 12.0 Å². The Morgan fingerprint density at radius 1 is 1.32 bits per heavy atom. The molecule has 0 radical (unpaired) electrons. The van der Waals surface area contributed by atoms with Gasteiger partial charge in [-0.1, -0.05) is 30.3 Å². The van der Waals surface area contributed by atoms with Gasteiger partial charge in [0.25, 0.3) is 0 Å². The van der Waals surface area contributed by atoms with Crippen LogP contribution in [0, 0.1) is 0 Å². The Kier molecular flexibility index (Phi) is 5.33. The molecule has 5 nitrogen and oxygen atoms in total. The molecule has 0 spiro atoms. The van der Waals surface area contributed by atoms with Gasteiger partial charge in [0.1, 0.15) is 0 Å². The highest BCUT2D eigenvalue weighted by atomic mass is 32.2. The number of rotatable bonds is 6. The number of morpholine rings is 1. The van der Waals surface area contributed by atoms with E-state index in [9.17, 15) is 8.42 Å². The number of ether oxygens (including phenoxy) is 1. The summed E-state index contributed by atoms with van der Waals surface area (Å²) in [5, 5.41) is 3.21. The van der Waals surface area contributed by atoms with E-state index in [4.69, 9.17) is 4.74 Å². The van der Waals surface area contributed by atoms with Crippen molar-refractivity contribution in [3.8, 4) is 0 Å². The van der Waals surface area contributed by atoms with Gasteiger partial charge in [-0.2, -0.15) is 0 Å². The SMILES string of the molecule is O=S(=O)(CCc1ccccc1)NCC1COCCN1. The molecule has 1 fully saturated rings. The van der Waals surface area contributed by atoms with Gasteiger partial charge in [-0.3, -0.25) is 0 Å². The Bertz CT molecular complexity index is 470. The number of hydrogen-bond acceptors (Lipinski definition) is 4. The molecule has 1 saturated heterocycles. The predicted molar refractivity (Wildman–Crippen MR) is 74.5 cm³/mol. The minimum Gasteiger partial charge on any atom is -0.378 e. The third-order valence-corrected chi connectivity index (χ3v) is 4.40. The van der Waals surface area contributed by atoms with Crippen LogP contribution in [0.5, 0.6) is 0 Å². The van der Waals surface area contributed by atoms with Crippen molar-refractivity contribution in [3.05, 3.63) is 35.9 Å². The summed E-state index contributed by atoms with van der Waals surface area (Å²) in [5.41, 5.74) is 1.03. The highest BCUT2D eigenvalue weighted by Gasteiger charge is 2.16. The molecule has 0 bridgehead atoms. The second-order valence-corrected chi connectivity index (χ2v) is 6.56. The van der Waals surface area contributed by atoms with E-state index in [1.165, 1.54) is 0 Å². The maximum Gasteiger partial charge on any atom is 0.211 e. The third-order valence-electron chi connectivity index (χ3n) is 3.05. The van der Waals surface area contributed by atoms with Crippen LogP contribution in [0.4, 0.5) is 0 Å². The first-order valence-electron chi connectivity index (χ1n) is 6.48. The van der Waals surface area contributed by atoms with E-state index < -0.39 is 10.0 Å². The fraction of sp³-hybridized carbons (Fsp3) is 0.538. The van der Waals surface area contributed by atoms with Crippen molar-refractivity contribution in [2.75, 3.05) is 32.1 Å². The zero-order chi connectivity index (χ0) is 13.6. The summed E-state index contributed by atoms with van der Waals surface area (Å²) in [5.74, 6) is 0.116. The van der Waals surface area contributed by atoms with Crippen molar-refractivity contribution in [1.82, 2.24) is 10.0 Å². The molecule has 2 N–H and O–H groups in total. The fourth-order valence-corrected chi connectivity index (χ4v) is 3.05. The summed E-state index contributed by atoms with van der Waals surface area (Å²) >= 11 is 0. The molecular formula is C13H20N2O3S. The monoisotopic (exact) mass is 284 g/mol. The predicted octanol–water partition coefficient (Wildman–Crippen LogP) is 0.137. The van der Waals surface area contributed by atoms with Gasteiger partial charge in [-0.25, -0.2) is 13.1 Å². The molecule has 1 aromatic carbocycles. The molecule has 1 unspecified atom stereocenters. The molecular weight excluding hydrogens is 264 g/mol. The lowest BCUT2D eigenvalue weighted by Gasteiger charge is -2.23. The summed E-state index contributed by atoms with van der Waals surface area (Å²) in [6.45, 7) is 2.41. The minimum absolute atomic E-state index is 0.0697. The van der Waals surface area contributed by atoms with Gasteiger partial charge >= 0.3 is 0 Å². The van der Waals surface area contributed by atoms with E-state index in [2.05, 4.69) is 10.0 Å². The van der Waals surface area contributed by atoms with E-state index in [-0.39, 0.29) is 11.8 Å². The lowest BCUT2D eigenvalue weighted by atomic mass is 10.2. The second-order valence-electron chi connectivity index (χ2n) is 4.63. The Labute approximate surface area is 114 Å². The molecule has 2 rings (SSSR count).